The largest absolute Gasteiger partial charge is 0.490 e. The van der Waals surface area contributed by atoms with E-state index >= 15 is 0 Å². The minimum absolute atomic E-state index is 0. The Morgan fingerprint density at radius 3 is 2.80 bits per heavy atom. The summed E-state index contributed by atoms with van der Waals surface area (Å²) < 4.78 is 5.65. The molecule has 110 valence electrons. The fourth-order valence-corrected chi connectivity index (χ4v) is 2.99. The van der Waals surface area contributed by atoms with Crippen LogP contribution >= 0.6 is 12.4 Å². The van der Waals surface area contributed by atoms with Gasteiger partial charge in [-0.15, -0.1) is 12.4 Å². The van der Waals surface area contributed by atoms with E-state index in [0.29, 0.717) is 0 Å². The number of amides is 1. The zero-order chi connectivity index (χ0) is 13.5. The Balaban J connectivity index is 0.00000147. The van der Waals surface area contributed by atoms with Crippen molar-refractivity contribution in [3.8, 4) is 5.75 Å². The standard InChI is InChI=1S/C15H20N2O2.ClH/c1-10-8-11-9-12(4-5-13(11)19-10)17-14(18)15(16)6-2-3-7-15;/h4-5,9-10H,2-3,6-8,16H2,1H3,(H,17,18);1H. The lowest BCUT2D eigenvalue weighted by molar-refractivity contribution is -0.121. The van der Waals surface area contributed by atoms with Crippen LogP contribution < -0.4 is 15.8 Å². The molecule has 1 aliphatic heterocycles. The Bertz CT molecular complexity index is 513. The topological polar surface area (TPSA) is 64.4 Å². The highest BCUT2D eigenvalue weighted by atomic mass is 35.5. The van der Waals surface area contributed by atoms with E-state index in [-0.39, 0.29) is 24.4 Å². The highest BCUT2D eigenvalue weighted by Gasteiger charge is 2.37. The molecule has 0 saturated heterocycles. The summed E-state index contributed by atoms with van der Waals surface area (Å²) in [5.41, 5.74) is 7.44. The molecule has 1 saturated carbocycles. The van der Waals surface area contributed by atoms with E-state index < -0.39 is 5.54 Å². The average Bonchev–Trinajstić information content (AvgIpc) is 2.95. The van der Waals surface area contributed by atoms with Gasteiger partial charge >= 0.3 is 0 Å². The van der Waals surface area contributed by atoms with Gasteiger partial charge in [-0.3, -0.25) is 4.79 Å². The lowest BCUT2D eigenvalue weighted by atomic mass is 9.98. The molecule has 4 nitrogen and oxygen atoms in total. The van der Waals surface area contributed by atoms with Crippen LogP contribution in [0.4, 0.5) is 5.69 Å². The van der Waals surface area contributed by atoms with Crippen molar-refractivity contribution in [1.82, 2.24) is 0 Å². The van der Waals surface area contributed by atoms with Crippen molar-refractivity contribution in [1.29, 1.82) is 0 Å². The van der Waals surface area contributed by atoms with E-state index in [9.17, 15) is 4.79 Å². The third kappa shape index (κ3) is 2.76. The number of carbonyl (C=O) groups excluding carboxylic acids is 1. The summed E-state index contributed by atoms with van der Waals surface area (Å²) in [6.07, 6.45) is 4.76. The predicted octanol–water partition coefficient (Wildman–Crippen LogP) is 2.64. The van der Waals surface area contributed by atoms with Crippen LogP contribution in [0, 0.1) is 0 Å². The fourth-order valence-electron chi connectivity index (χ4n) is 2.99. The van der Waals surface area contributed by atoms with Crippen LogP contribution in [0.25, 0.3) is 0 Å². The molecule has 2 aliphatic rings. The predicted molar refractivity (Wildman–Crippen MR) is 81.5 cm³/mol. The maximum atomic E-state index is 12.2. The maximum Gasteiger partial charge on any atom is 0.244 e. The maximum absolute atomic E-state index is 12.2. The van der Waals surface area contributed by atoms with Gasteiger partial charge in [0.2, 0.25) is 5.91 Å². The molecule has 1 aliphatic carbocycles. The van der Waals surface area contributed by atoms with Crippen LogP contribution in [0.3, 0.4) is 0 Å². The fraction of sp³-hybridized carbons (Fsp3) is 0.533. The third-order valence-corrected chi connectivity index (χ3v) is 4.10. The van der Waals surface area contributed by atoms with E-state index in [2.05, 4.69) is 5.32 Å². The molecule has 5 heteroatoms. The summed E-state index contributed by atoms with van der Waals surface area (Å²) in [4.78, 5) is 12.2. The van der Waals surface area contributed by atoms with Gasteiger partial charge in [0, 0.05) is 12.1 Å². The highest BCUT2D eigenvalue weighted by molar-refractivity contribution is 5.98. The van der Waals surface area contributed by atoms with Crippen LogP contribution in [0.5, 0.6) is 5.75 Å². The van der Waals surface area contributed by atoms with Gasteiger partial charge in [-0.05, 0) is 43.5 Å². The van der Waals surface area contributed by atoms with E-state index in [0.717, 1.165) is 49.1 Å². The molecule has 0 spiro atoms. The Hall–Kier alpha value is -1.26. The van der Waals surface area contributed by atoms with Gasteiger partial charge in [-0.1, -0.05) is 12.8 Å². The molecule has 1 atom stereocenters. The van der Waals surface area contributed by atoms with Crippen molar-refractivity contribution in [2.24, 2.45) is 5.73 Å². The van der Waals surface area contributed by atoms with Gasteiger partial charge in [0.15, 0.2) is 0 Å². The second-order valence-electron chi connectivity index (χ2n) is 5.77. The first kappa shape index (κ1) is 15.1. The van der Waals surface area contributed by atoms with Crippen LogP contribution in [-0.2, 0) is 11.2 Å². The summed E-state index contributed by atoms with van der Waals surface area (Å²) in [5.74, 6) is 0.866. The van der Waals surface area contributed by atoms with Crippen molar-refractivity contribution in [2.75, 3.05) is 5.32 Å². The van der Waals surface area contributed by atoms with Crippen molar-refractivity contribution in [3.05, 3.63) is 23.8 Å². The first-order valence-corrected chi connectivity index (χ1v) is 6.97. The van der Waals surface area contributed by atoms with Gasteiger partial charge in [0.05, 0.1) is 5.54 Å². The van der Waals surface area contributed by atoms with Gasteiger partial charge in [-0.25, -0.2) is 0 Å². The summed E-state index contributed by atoms with van der Waals surface area (Å²) in [6.45, 7) is 2.05. The van der Waals surface area contributed by atoms with Crippen molar-refractivity contribution < 1.29 is 9.53 Å². The van der Waals surface area contributed by atoms with Crippen LogP contribution in [-0.4, -0.2) is 17.6 Å². The quantitative estimate of drug-likeness (QED) is 0.882. The lowest BCUT2D eigenvalue weighted by Crippen LogP contribution is -2.48. The molecule has 0 aromatic heterocycles. The first-order valence-electron chi connectivity index (χ1n) is 6.97. The molecule has 3 N–H and O–H groups in total. The molecule has 0 radical (unpaired) electrons. The van der Waals surface area contributed by atoms with E-state index in [1.54, 1.807) is 0 Å². The van der Waals surface area contributed by atoms with E-state index in [1.807, 2.05) is 25.1 Å². The molecular formula is C15H21ClN2O2. The number of anilines is 1. The SMILES string of the molecule is CC1Cc2cc(NC(=O)C3(N)CCCC3)ccc2O1.Cl. The first-order chi connectivity index (χ1) is 9.07. The minimum Gasteiger partial charge on any atom is -0.490 e. The molecule has 1 aromatic rings. The van der Waals surface area contributed by atoms with Crippen LogP contribution in [0.2, 0.25) is 0 Å². The van der Waals surface area contributed by atoms with Crippen molar-refractivity contribution in [3.63, 3.8) is 0 Å². The zero-order valence-electron chi connectivity index (χ0n) is 11.6. The number of ether oxygens (including phenoxy) is 1. The number of hydrogen-bond acceptors (Lipinski definition) is 3. The zero-order valence-corrected chi connectivity index (χ0v) is 12.5. The third-order valence-electron chi connectivity index (χ3n) is 4.10. The number of benzene rings is 1. The number of nitrogens with two attached hydrogens (primary N) is 1. The minimum atomic E-state index is -0.678. The molecule has 1 amide bonds. The van der Waals surface area contributed by atoms with Gasteiger partial charge < -0.3 is 15.8 Å². The second-order valence-corrected chi connectivity index (χ2v) is 5.77. The summed E-state index contributed by atoms with van der Waals surface area (Å²) in [5, 5.41) is 2.95. The molecule has 0 bridgehead atoms. The number of hydrogen-bond donors (Lipinski definition) is 2. The Morgan fingerprint density at radius 1 is 1.40 bits per heavy atom. The van der Waals surface area contributed by atoms with Crippen LogP contribution in [0.15, 0.2) is 18.2 Å². The van der Waals surface area contributed by atoms with Gasteiger partial charge in [0.25, 0.3) is 0 Å². The van der Waals surface area contributed by atoms with Gasteiger partial charge in [-0.2, -0.15) is 0 Å². The summed E-state index contributed by atoms with van der Waals surface area (Å²) in [6, 6.07) is 5.80. The Labute approximate surface area is 125 Å². The summed E-state index contributed by atoms with van der Waals surface area (Å²) >= 11 is 0. The number of fused-ring (bicyclic) bond motifs is 1. The number of nitrogens with one attached hydrogen (secondary N) is 1. The highest BCUT2D eigenvalue weighted by Crippen LogP contribution is 2.32. The molecular weight excluding hydrogens is 276 g/mol. The molecule has 1 heterocycles. The van der Waals surface area contributed by atoms with Gasteiger partial charge in [0.1, 0.15) is 11.9 Å². The average molecular weight is 297 g/mol. The molecule has 1 unspecified atom stereocenters. The van der Waals surface area contributed by atoms with Crippen molar-refractivity contribution >= 4 is 24.0 Å². The van der Waals surface area contributed by atoms with Crippen LogP contribution in [0.1, 0.15) is 38.2 Å². The van der Waals surface area contributed by atoms with E-state index in [4.69, 9.17) is 10.5 Å². The van der Waals surface area contributed by atoms with E-state index in [1.165, 1.54) is 0 Å². The number of halogens is 1. The lowest BCUT2D eigenvalue weighted by Gasteiger charge is -2.22. The molecule has 1 aromatic carbocycles. The Morgan fingerprint density at radius 2 is 2.10 bits per heavy atom. The normalized spacial score (nSPS) is 22.6. The molecule has 3 rings (SSSR count). The monoisotopic (exact) mass is 296 g/mol. The number of carbonyl (C=O) groups is 1. The van der Waals surface area contributed by atoms with Crippen molar-refractivity contribution in [2.45, 2.75) is 50.7 Å². The molecule has 20 heavy (non-hydrogen) atoms. The molecule has 1 fully saturated rings. The summed E-state index contributed by atoms with van der Waals surface area (Å²) in [7, 11) is 0. The second kappa shape index (κ2) is 5.62. The Kier molecular flexibility index (Phi) is 4.25. The smallest absolute Gasteiger partial charge is 0.244 e. The number of rotatable bonds is 2.